The Labute approximate surface area is 247 Å². The summed E-state index contributed by atoms with van der Waals surface area (Å²) in [7, 11) is -2.28. The average Bonchev–Trinajstić information content (AvgIpc) is 3.47. The molecule has 1 N–H and O–H groups in total. The number of amides is 2. The summed E-state index contributed by atoms with van der Waals surface area (Å²) >= 11 is 6.03. The molecule has 0 spiro atoms. The van der Waals surface area contributed by atoms with Crippen LogP contribution in [-0.4, -0.2) is 57.1 Å². The number of nitrogens with one attached hydrogen (secondary N) is 1. The second kappa shape index (κ2) is 13.9. The number of methoxy groups -OCH3 is 1. The topological polar surface area (TPSA) is 96.0 Å². The maximum atomic E-state index is 14.2. The molecule has 0 aliphatic heterocycles. The van der Waals surface area contributed by atoms with Gasteiger partial charge in [0.25, 0.3) is 0 Å². The van der Waals surface area contributed by atoms with E-state index in [0.29, 0.717) is 16.5 Å². The first-order chi connectivity index (χ1) is 19.6. The van der Waals surface area contributed by atoms with E-state index in [1.165, 1.54) is 4.90 Å². The van der Waals surface area contributed by atoms with E-state index in [2.05, 4.69) is 5.32 Å². The molecule has 3 aromatic carbocycles. The second-order valence-corrected chi connectivity index (χ2v) is 12.7. The maximum Gasteiger partial charge on any atom is 0.244 e. The Morgan fingerprint density at radius 3 is 2.27 bits per heavy atom. The molecule has 0 saturated heterocycles. The van der Waals surface area contributed by atoms with Gasteiger partial charge in [-0.2, -0.15) is 0 Å². The fourth-order valence-corrected chi connectivity index (χ4v) is 6.09. The fourth-order valence-electron chi connectivity index (χ4n) is 5.11. The molecule has 0 aromatic heterocycles. The fraction of sp³-hybridized carbons (Fsp3) is 0.355. The Morgan fingerprint density at radius 2 is 1.63 bits per heavy atom. The molecule has 4 rings (SSSR count). The number of hydrogen-bond donors (Lipinski definition) is 1. The third-order valence-electron chi connectivity index (χ3n) is 7.25. The van der Waals surface area contributed by atoms with Crippen molar-refractivity contribution >= 4 is 39.1 Å². The van der Waals surface area contributed by atoms with Crippen molar-refractivity contribution in [3.8, 4) is 5.75 Å². The third-order valence-corrected chi connectivity index (χ3v) is 8.65. The molecule has 218 valence electrons. The molecule has 1 saturated carbocycles. The number of nitrogens with zero attached hydrogens (tertiary/aromatic N) is 2. The van der Waals surface area contributed by atoms with Crippen molar-refractivity contribution < 1.29 is 22.7 Å². The van der Waals surface area contributed by atoms with Gasteiger partial charge in [-0.15, -0.1) is 0 Å². The Kier molecular flexibility index (Phi) is 10.3. The number of carbonyl (C=O) groups excluding carboxylic acids is 2. The van der Waals surface area contributed by atoms with Crippen LogP contribution in [0.25, 0.3) is 0 Å². The minimum absolute atomic E-state index is 0.0520. The monoisotopic (exact) mass is 597 g/mol. The Balaban J connectivity index is 1.73. The summed E-state index contributed by atoms with van der Waals surface area (Å²) in [4.78, 5) is 29.5. The number of benzene rings is 3. The van der Waals surface area contributed by atoms with Crippen LogP contribution in [0, 0.1) is 0 Å². The molecular formula is C31H36ClN3O5S. The van der Waals surface area contributed by atoms with E-state index >= 15 is 0 Å². The highest BCUT2D eigenvalue weighted by Gasteiger charge is 2.34. The Morgan fingerprint density at radius 1 is 0.976 bits per heavy atom. The molecule has 0 bridgehead atoms. The highest BCUT2D eigenvalue weighted by atomic mass is 35.5. The van der Waals surface area contributed by atoms with Crippen molar-refractivity contribution in [3.63, 3.8) is 0 Å². The Bertz CT molecular complexity index is 1430. The van der Waals surface area contributed by atoms with Crippen molar-refractivity contribution in [2.75, 3.05) is 24.2 Å². The number of hydrogen-bond acceptors (Lipinski definition) is 5. The number of halogens is 1. The molecule has 2 amide bonds. The summed E-state index contributed by atoms with van der Waals surface area (Å²) in [5.41, 5.74) is 1.95. The van der Waals surface area contributed by atoms with E-state index in [1.54, 1.807) is 37.4 Å². The first kappa shape index (κ1) is 30.4. The SMILES string of the molecule is COc1cccc(CN(C(=O)CN(c2ccc(Cl)cc2)S(C)(=O)=O)C(Cc2ccccc2)C(=O)NC2CCCC2)c1. The normalized spacial score (nSPS) is 14.3. The van der Waals surface area contributed by atoms with Crippen molar-refractivity contribution in [2.24, 2.45) is 0 Å². The van der Waals surface area contributed by atoms with Crippen LogP contribution in [0.15, 0.2) is 78.9 Å². The van der Waals surface area contributed by atoms with E-state index in [1.807, 2.05) is 48.5 Å². The largest absolute Gasteiger partial charge is 0.497 e. The first-order valence-corrected chi connectivity index (χ1v) is 15.9. The number of ether oxygens (including phenoxy) is 1. The van der Waals surface area contributed by atoms with E-state index < -0.39 is 28.5 Å². The summed E-state index contributed by atoms with van der Waals surface area (Å²) in [6, 6.07) is 22.2. The molecule has 3 aromatic rings. The van der Waals surface area contributed by atoms with Crippen LogP contribution in [-0.2, 0) is 32.6 Å². The quantitative estimate of drug-likeness (QED) is 0.323. The zero-order valence-corrected chi connectivity index (χ0v) is 24.9. The van der Waals surface area contributed by atoms with Crippen molar-refractivity contribution in [1.29, 1.82) is 0 Å². The molecule has 1 aliphatic carbocycles. The first-order valence-electron chi connectivity index (χ1n) is 13.6. The van der Waals surface area contributed by atoms with Crippen LogP contribution >= 0.6 is 11.6 Å². The van der Waals surface area contributed by atoms with Gasteiger partial charge in [-0.1, -0.05) is 66.9 Å². The van der Waals surface area contributed by atoms with Gasteiger partial charge in [-0.25, -0.2) is 8.42 Å². The summed E-state index contributed by atoms with van der Waals surface area (Å²) < 4.78 is 32.2. The summed E-state index contributed by atoms with van der Waals surface area (Å²) in [6.45, 7) is -0.393. The van der Waals surface area contributed by atoms with Crippen molar-refractivity contribution in [3.05, 3.63) is 95.0 Å². The number of rotatable bonds is 12. The van der Waals surface area contributed by atoms with Crippen LogP contribution in [0.1, 0.15) is 36.8 Å². The summed E-state index contributed by atoms with van der Waals surface area (Å²) in [5, 5.41) is 3.60. The van der Waals surface area contributed by atoms with E-state index in [0.717, 1.165) is 47.4 Å². The molecule has 1 aliphatic rings. The van der Waals surface area contributed by atoms with Gasteiger partial charge in [-0.05, 0) is 60.4 Å². The van der Waals surface area contributed by atoms with E-state index in [-0.39, 0.29) is 24.9 Å². The summed E-state index contributed by atoms with van der Waals surface area (Å²) in [5.74, 6) is -0.145. The highest BCUT2D eigenvalue weighted by molar-refractivity contribution is 7.92. The van der Waals surface area contributed by atoms with Crippen molar-refractivity contribution in [2.45, 2.75) is 50.7 Å². The molecule has 41 heavy (non-hydrogen) atoms. The second-order valence-electron chi connectivity index (χ2n) is 10.3. The standard InChI is InChI=1S/C31H36ClN3O5S/c1-40-28-14-8-11-24(19-28)21-34(30(36)22-35(41(2,38)39)27-17-15-25(32)16-18-27)29(20-23-9-4-3-5-10-23)31(37)33-26-12-6-7-13-26/h3-5,8-11,14-19,26,29H,6-7,12-13,20-22H2,1-2H3,(H,33,37). The average molecular weight is 598 g/mol. The van der Waals surface area contributed by atoms with Crippen molar-refractivity contribution in [1.82, 2.24) is 10.2 Å². The minimum Gasteiger partial charge on any atom is -0.497 e. The Hall–Kier alpha value is -3.56. The van der Waals surface area contributed by atoms with Crippen LogP contribution in [0.2, 0.25) is 5.02 Å². The van der Waals surface area contributed by atoms with Gasteiger partial charge >= 0.3 is 0 Å². The van der Waals surface area contributed by atoms with E-state index in [9.17, 15) is 18.0 Å². The lowest BCUT2D eigenvalue weighted by atomic mass is 10.0. The van der Waals surface area contributed by atoms with Crippen LogP contribution in [0.4, 0.5) is 5.69 Å². The van der Waals surface area contributed by atoms with Gasteiger partial charge in [0.15, 0.2) is 0 Å². The van der Waals surface area contributed by atoms with Crippen LogP contribution in [0.3, 0.4) is 0 Å². The van der Waals surface area contributed by atoms with Gasteiger partial charge in [0, 0.05) is 24.0 Å². The smallest absolute Gasteiger partial charge is 0.244 e. The lowest BCUT2D eigenvalue weighted by molar-refractivity contribution is -0.140. The van der Waals surface area contributed by atoms with Gasteiger partial charge in [0.1, 0.15) is 18.3 Å². The zero-order chi connectivity index (χ0) is 29.4. The lowest BCUT2D eigenvalue weighted by Gasteiger charge is -2.34. The molecular weight excluding hydrogens is 562 g/mol. The molecule has 1 unspecified atom stereocenters. The van der Waals surface area contributed by atoms with E-state index in [4.69, 9.17) is 16.3 Å². The predicted molar refractivity (Wildman–Crippen MR) is 162 cm³/mol. The minimum atomic E-state index is -3.84. The maximum absolute atomic E-state index is 14.2. The molecule has 8 nitrogen and oxygen atoms in total. The van der Waals surface area contributed by atoms with Gasteiger partial charge in [0.05, 0.1) is 19.1 Å². The molecule has 1 fully saturated rings. The van der Waals surface area contributed by atoms with Crippen LogP contribution in [0.5, 0.6) is 5.75 Å². The molecule has 1 atom stereocenters. The zero-order valence-electron chi connectivity index (χ0n) is 23.3. The van der Waals surface area contributed by atoms with Gasteiger partial charge in [0.2, 0.25) is 21.8 Å². The summed E-state index contributed by atoms with van der Waals surface area (Å²) in [6.07, 6.45) is 5.21. The highest BCUT2D eigenvalue weighted by Crippen LogP contribution is 2.24. The molecule has 0 heterocycles. The third kappa shape index (κ3) is 8.47. The number of anilines is 1. The van der Waals surface area contributed by atoms with Crippen LogP contribution < -0.4 is 14.4 Å². The lowest BCUT2D eigenvalue weighted by Crippen LogP contribution is -2.54. The number of carbonyl (C=O) groups is 2. The molecule has 10 heteroatoms. The van der Waals surface area contributed by atoms with Gasteiger partial charge < -0.3 is 15.0 Å². The molecule has 0 radical (unpaired) electrons. The number of sulfonamides is 1. The van der Waals surface area contributed by atoms with Gasteiger partial charge in [-0.3, -0.25) is 13.9 Å². The predicted octanol–water partition coefficient (Wildman–Crippen LogP) is 4.81.